The van der Waals surface area contributed by atoms with Crippen LogP contribution in [0, 0.1) is 24.4 Å². The van der Waals surface area contributed by atoms with Gasteiger partial charge in [-0.05, 0) is 6.92 Å². The lowest BCUT2D eigenvalue weighted by molar-refractivity contribution is 0.547. The van der Waals surface area contributed by atoms with E-state index in [4.69, 9.17) is 0 Å². The number of halogens is 3. The first-order valence-corrected chi connectivity index (χ1v) is 6.22. The van der Waals surface area contributed by atoms with Crippen molar-refractivity contribution in [3.63, 3.8) is 0 Å². The number of nitrogens with zero attached hydrogens (tertiary/aromatic N) is 3. The van der Waals surface area contributed by atoms with E-state index < -0.39 is 17.5 Å². The summed E-state index contributed by atoms with van der Waals surface area (Å²) in [6, 6.07) is 3.07. The molecular weight excluding hydrogens is 281 g/mol. The lowest BCUT2D eigenvalue weighted by Crippen LogP contribution is -2.06. The Labute approximate surface area is 118 Å². The molecule has 4 nitrogen and oxygen atoms in total. The Morgan fingerprint density at radius 1 is 1.14 bits per heavy atom. The van der Waals surface area contributed by atoms with E-state index in [9.17, 15) is 13.2 Å². The van der Waals surface area contributed by atoms with Gasteiger partial charge in [0.2, 0.25) is 0 Å². The summed E-state index contributed by atoms with van der Waals surface area (Å²) < 4.78 is 41.4. The Bertz CT molecular complexity index is 790. The molecule has 3 aromatic rings. The molecule has 0 atom stereocenters. The molecule has 0 aliphatic rings. The maximum Gasteiger partial charge on any atom is 0.155 e. The van der Waals surface area contributed by atoms with Crippen LogP contribution in [0.5, 0.6) is 0 Å². The minimum Gasteiger partial charge on any atom is -0.376 e. The molecule has 0 fully saturated rings. The smallest absolute Gasteiger partial charge is 0.155 e. The maximum atomic E-state index is 13.5. The molecule has 0 aliphatic heterocycles. The van der Waals surface area contributed by atoms with Crippen molar-refractivity contribution in [3.05, 3.63) is 59.3 Å². The van der Waals surface area contributed by atoms with E-state index in [1.165, 1.54) is 0 Å². The van der Waals surface area contributed by atoms with Crippen LogP contribution in [0.4, 0.5) is 18.9 Å². The summed E-state index contributed by atoms with van der Waals surface area (Å²) in [5, 5.41) is 6.80. The van der Waals surface area contributed by atoms with E-state index in [0.717, 1.165) is 5.69 Å². The molecule has 1 aromatic carbocycles. The van der Waals surface area contributed by atoms with Crippen molar-refractivity contribution < 1.29 is 13.2 Å². The molecule has 21 heavy (non-hydrogen) atoms. The van der Waals surface area contributed by atoms with Crippen LogP contribution in [0.1, 0.15) is 11.3 Å². The largest absolute Gasteiger partial charge is 0.376 e. The highest BCUT2D eigenvalue weighted by molar-refractivity contribution is 5.47. The maximum absolute atomic E-state index is 13.5. The SMILES string of the molecule is Cc1cc2ncc(CNc3c(F)cc(F)cc3F)cn2n1. The zero-order valence-corrected chi connectivity index (χ0v) is 11.1. The van der Waals surface area contributed by atoms with Gasteiger partial charge in [0.25, 0.3) is 0 Å². The van der Waals surface area contributed by atoms with Crippen molar-refractivity contribution in [3.8, 4) is 0 Å². The second-order valence-electron chi connectivity index (χ2n) is 4.65. The Morgan fingerprint density at radius 3 is 2.57 bits per heavy atom. The van der Waals surface area contributed by atoms with Gasteiger partial charge >= 0.3 is 0 Å². The first-order chi connectivity index (χ1) is 10.0. The number of benzene rings is 1. The van der Waals surface area contributed by atoms with Crippen LogP contribution >= 0.6 is 0 Å². The van der Waals surface area contributed by atoms with E-state index in [-0.39, 0.29) is 12.2 Å². The predicted octanol–water partition coefficient (Wildman–Crippen LogP) is 3.07. The van der Waals surface area contributed by atoms with Gasteiger partial charge in [0, 0.05) is 42.7 Å². The standard InChI is InChI=1S/C14H11F3N4/c1-8-2-13-18-5-9(7-21(13)20-8)6-19-14-11(16)3-10(15)4-12(14)17/h2-5,7,19H,6H2,1H3. The number of nitrogens with one attached hydrogen (secondary N) is 1. The van der Waals surface area contributed by atoms with Crippen molar-refractivity contribution >= 4 is 11.3 Å². The number of aryl methyl sites for hydroxylation is 1. The summed E-state index contributed by atoms with van der Waals surface area (Å²) in [6.45, 7) is 1.98. The molecule has 1 N–H and O–H groups in total. The van der Waals surface area contributed by atoms with Gasteiger partial charge in [-0.1, -0.05) is 0 Å². The van der Waals surface area contributed by atoms with Crippen LogP contribution in [-0.2, 0) is 6.54 Å². The summed E-state index contributed by atoms with van der Waals surface area (Å²) in [5.74, 6) is -2.90. The second-order valence-corrected chi connectivity index (χ2v) is 4.65. The molecule has 108 valence electrons. The summed E-state index contributed by atoms with van der Waals surface area (Å²) in [4.78, 5) is 4.19. The van der Waals surface area contributed by atoms with E-state index in [2.05, 4.69) is 15.4 Å². The monoisotopic (exact) mass is 292 g/mol. The summed E-state index contributed by atoms with van der Waals surface area (Å²) in [5.41, 5.74) is 1.83. The van der Waals surface area contributed by atoms with Crippen LogP contribution in [-0.4, -0.2) is 14.6 Å². The van der Waals surface area contributed by atoms with Crippen molar-refractivity contribution in [1.82, 2.24) is 14.6 Å². The van der Waals surface area contributed by atoms with Crippen molar-refractivity contribution in [2.45, 2.75) is 13.5 Å². The molecule has 0 bridgehead atoms. The van der Waals surface area contributed by atoms with Crippen LogP contribution in [0.25, 0.3) is 5.65 Å². The lowest BCUT2D eigenvalue weighted by Gasteiger charge is -2.09. The zero-order chi connectivity index (χ0) is 15.0. The van der Waals surface area contributed by atoms with Gasteiger partial charge in [0.05, 0.1) is 5.69 Å². The van der Waals surface area contributed by atoms with E-state index in [1.54, 1.807) is 16.9 Å². The van der Waals surface area contributed by atoms with Gasteiger partial charge in [-0.2, -0.15) is 5.10 Å². The van der Waals surface area contributed by atoms with Gasteiger partial charge in [0.15, 0.2) is 17.3 Å². The minimum atomic E-state index is -0.975. The summed E-state index contributed by atoms with van der Waals surface area (Å²) in [6.07, 6.45) is 3.30. The molecule has 2 heterocycles. The summed E-state index contributed by atoms with van der Waals surface area (Å²) in [7, 11) is 0. The van der Waals surface area contributed by atoms with Crippen LogP contribution in [0.15, 0.2) is 30.6 Å². The highest BCUT2D eigenvalue weighted by Gasteiger charge is 2.11. The molecule has 2 aromatic heterocycles. The molecule has 0 radical (unpaired) electrons. The Balaban J connectivity index is 1.83. The zero-order valence-electron chi connectivity index (χ0n) is 11.1. The fourth-order valence-electron chi connectivity index (χ4n) is 2.03. The van der Waals surface area contributed by atoms with Crippen molar-refractivity contribution in [2.75, 3.05) is 5.32 Å². The van der Waals surface area contributed by atoms with Gasteiger partial charge in [0.1, 0.15) is 11.5 Å². The first-order valence-electron chi connectivity index (χ1n) is 6.22. The average Bonchev–Trinajstić information content (AvgIpc) is 2.76. The van der Waals surface area contributed by atoms with E-state index in [1.807, 2.05) is 13.0 Å². The molecule has 0 saturated heterocycles. The third-order valence-corrected chi connectivity index (χ3v) is 2.97. The molecule has 0 unspecified atom stereocenters. The Morgan fingerprint density at radius 2 is 1.86 bits per heavy atom. The number of aromatic nitrogens is 3. The molecular formula is C14H11F3N4. The quantitative estimate of drug-likeness (QED) is 0.806. The predicted molar refractivity (Wildman–Crippen MR) is 71.4 cm³/mol. The van der Waals surface area contributed by atoms with E-state index >= 15 is 0 Å². The number of fused-ring (bicyclic) bond motifs is 1. The molecule has 3 rings (SSSR count). The molecule has 0 amide bonds. The Hall–Kier alpha value is -2.57. The van der Waals surface area contributed by atoms with Gasteiger partial charge < -0.3 is 5.32 Å². The number of hydrogen-bond donors (Lipinski definition) is 1. The summed E-state index contributed by atoms with van der Waals surface area (Å²) >= 11 is 0. The fraction of sp³-hybridized carbons (Fsp3) is 0.143. The van der Waals surface area contributed by atoms with Gasteiger partial charge in [-0.3, -0.25) is 0 Å². The van der Waals surface area contributed by atoms with Crippen molar-refractivity contribution in [2.24, 2.45) is 0 Å². The third kappa shape index (κ3) is 2.67. The van der Waals surface area contributed by atoms with Gasteiger partial charge in [-0.15, -0.1) is 0 Å². The van der Waals surface area contributed by atoms with Crippen molar-refractivity contribution in [1.29, 1.82) is 0 Å². The van der Waals surface area contributed by atoms with E-state index in [0.29, 0.717) is 23.3 Å². The molecule has 0 spiro atoms. The third-order valence-electron chi connectivity index (χ3n) is 2.97. The van der Waals surface area contributed by atoms with Crippen LogP contribution < -0.4 is 5.32 Å². The highest BCUT2D eigenvalue weighted by Crippen LogP contribution is 2.20. The average molecular weight is 292 g/mol. The van der Waals surface area contributed by atoms with Crippen LogP contribution in [0.2, 0.25) is 0 Å². The lowest BCUT2D eigenvalue weighted by atomic mass is 10.2. The Kier molecular flexibility index (Phi) is 3.25. The fourth-order valence-corrected chi connectivity index (χ4v) is 2.03. The first kappa shape index (κ1) is 13.4. The molecule has 0 aliphatic carbocycles. The highest BCUT2D eigenvalue weighted by atomic mass is 19.1. The topological polar surface area (TPSA) is 42.2 Å². The normalized spacial score (nSPS) is 11.0. The molecule has 0 saturated carbocycles. The molecule has 7 heteroatoms. The second kappa shape index (κ2) is 5.08. The number of hydrogen-bond acceptors (Lipinski definition) is 3. The number of anilines is 1. The number of rotatable bonds is 3. The van der Waals surface area contributed by atoms with Crippen LogP contribution in [0.3, 0.4) is 0 Å². The van der Waals surface area contributed by atoms with Gasteiger partial charge in [-0.25, -0.2) is 22.7 Å². The minimum absolute atomic E-state index is 0.140.